The highest BCUT2D eigenvalue weighted by Gasteiger charge is 2.01. The number of anilines is 1. The average Bonchev–Trinajstić information content (AvgIpc) is 2.37. The van der Waals surface area contributed by atoms with Crippen LogP contribution in [0.15, 0.2) is 42.5 Å². The molecular formula is C16H19NO. The molecule has 0 aromatic heterocycles. The van der Waals surface area contributed by atoms with Gasteiger partial charge in [0.25, 0.3) is 0 Å². The Bertz CT molecular complexity index is 517. The molecule has 0 saturated carbocycles. The molecule has 18 heavy (non-hydrogen) atoms. The summed E-state index contributed by atoms with van der Waals surface area (Å²) in [6.45, 7) is 4.81. The summed E-state index contributed by atoms with van der Waals surface area (Å²) in [5.41, 5.74) is 10.5. The SMILES string of the molecule is CCOc1ccc(Cc2cc(N)ccc2C)cc1. The molecule has 0 saturated heterocycles. The van der Waals surface area contributed by atoms with Crippen molar-refractivity contribution < 1.29 is 4.74 Å². The first-order valence-electron chi connectivity index (χ1n) is 6.26. The molecule has 0 fully saturated rings. The maximum atomic E-state index is 5.82. The number of ether oxygens (including phenoxy) is 1. The molecule has 2 rings (SSSR count). The first-order valence-corrected chi connectivity index (χ1v) is 6.26. The van der Waals surface area contributed by atoms with Crippen LogP contribution < -0.4 is 10.5 Å². The third-order valence-corrected chi connectivity index (χ3v) is 3.00. The number of benzene rings is 2. The highest BCUT2D eigenvalue weighted by atomic mass is 16.5. The second kappa shape index (κ2) is 5.58. The van der Waals surface area contributed by atoms with Crippen molar-refractivity contribution in [3.8, 4) is 5.75 Å². The van der Waals surface area contributed by atoms with Crippen molar-refractivity contribution in [1.29, 1.82) is 0 Å². The summed E-state index contributed by atoms with van der Waals surface area (Å²) in [5.74, 6) is 0.922. The normalized spacial score (nSPS) is 10.3. The van der Waals surface area contributed by atoms with Crippen LogP contribution in [0.1, 0.15) is 23.6 Å². The summed E-state index contributed by atoms with van der Waals surface area (Å²) in [7, 11) is 0. The van der Waals surface area contributed by atoms with Gasteiger partial charge in [-0.05, 0) is 61.2 Å². The van der Waals surface area contributed by atoms with Crippen LogP contribution in [-0.4, -0.2) is 6.61 Å². The van der Waals surface area contributed by atoms with Crippen molar-refractivity contribution in [1.82, 2.24) is 0 Å². The minimum absolute atomic E-state index is 0.702. The number of hydrogen-bond donors (Lipinski definition) is 1. The van der Waals surface area contributed by atoms with E-state index in [1.54, 1.807) is 0 Å². The molecule has 0 unspecified atom stereocenters. The highest BCUT2D eigenvalue weighted by molar-refractivity contribution is 5.46. The highest BCUT2D eigenvalue weighted by Crippen LogP contribution is 2.19. The van der Waals surface area contributed by atoms with Gasteiger partial charge in [-0.1, -0.05) is 18.2 Å². The maximum Gasteiger partial charge on any atom is 0.119 e. The molecule has 0 aliphatic heterocycles. The molecule has 2 aromatic carbocycles. The monoisotopic (exact) mass is 241 g/mol. The number of aryl methyl sites for hydroxylation is 1. The molecule has 0 heterocycles. The van der Waals surface area contributed by atoms with E-state index in [2.05, 4.69) is 25.1 Å². The number of nitrogen functional groups attached to an aromatic ring is 1. The van der Waals surface area contributed by atoms with E-state index in [4.69, 9.17) is 10.5 Å². The Morgan fingerprint density at radius 1 is 1.06 bits per heavy atom. The Balaban J connectivity index is 2.15. The van der Waals surface area contributed by atoms with Crippen LogP contribution in [0.2, 0.25) is 0 Å². The number of rotatable bonds is 4. The first-order chi connectivity index (χ1) is 8.69. The summed E-state index contributed by atoms with van der Waals surface area (Å²) < 4.78 is 5.43. The lowest BCUT2D eigenvalue weighted by Gasteiger charge is -2.08. The molecule has 2 heteroatoms. The average molecular weight is 241 g/mol. The standard InChI is InChI=1S/C16H19NO/c1-3-18-16-8-5-13(6-9-16)10-14-11-15(17)7-4-12(14)2/h4-9,11H,3,10,17H2,1-2H3. The lowest BCUT2D eigenvalue weighted by atomic mass is 10.00. The van der Waals surface area contributed by atoms with Gasteiger partial charge in [-0.3, -0.25) is 0 Å². The van der Waals surface area contributed by atoms with E-state index >= 15 is 0 Å². The van der Waals surface area contributed by atoms with Gasteiger partial charge in [0.2, 0.25) is 0 Å². The quantitative estimate of drug-likeness (QED) is 0.831. The molecule has 2 aromatic rings. The van der Waals surface area contributed by atoms with Crippen LogP contribution in [-0.2, 0) is 6.42 Å². The molecule has 2 nitrogen and oxygen atoms in total. The summed E-state index contributed by atoms with van der Waals surface area (Å²) in [5, 5.41) is 0. The third kappa shape index (κ3) is 3.04. The molecular weight excluding hydrogens is 222 g/mol. The molecule has 0 amide bonds. The third-order valence-electron chi connectivity index (χ3n) is 3.00. The van der Waals surface area contributed by atoms with Gasteiger partial charge in [0, 0.05) is 5.69 Å². The fourth-order valence-electron chi connectivity index (χ4n) is 1.97. The van der Waals surface area contributed by atoms with Gasteiger partial charge >= 0.3 is 0 Å². The van der Waals surface area contributed by atoms with Crippen molar-refractivity contribution in [3.05, 3.63) is 59.2 Å². The van der Waals surface area contributed by atoms with Gasteiger partial charge < -0.3 is 10.5 Å². The van der Waals surface area contributed by atoms with Crippen molar-refractivity contribution in [2.24, 2.45) is 0 Å². The van der Waals surface area contributed by atoms with Crippen molar-refractivity contribution >= 4 is 5.69 Å². The predicted molar refractivity (Wildman–Crippen MR) is 76.0 cm³/mol. The van der Waals surface area contributed by atoms with E-state index in [1.807, 2.05) is 31.2 Å². The van der Waals surface area contributed by atoms with Crippen molar-refractivity contribution in [2.75, 3.05) is 12.3 Å². The van der Waals surface area contributed by atoms with E-state index < -0.39 is 0 Å². The summed E-state index contributed by atoms with van der Waals surface area (Å²) >= 11 is 0. The molecule has 0 aliphatic rings. The molecule has 94 valence electrons. The maximum absolute atomic E-state index is 5.82. The Labute approximate surface area is 108 Å². The van der Waals surface area contributed by atoms with E-state index in [0.717, 1.165) is 17.9 Å². The zero-order valence-corrected chi connectivity index (χ0v) is 10.9. The summed E-state index contributed by atoms with van der Waals surface area (Å²) in [4.78, 5) is 0. The smallest absolute Gasteiger partial charge is 0.119 e. The molecule has 2 N–H and O–H groups in total. The van der Waals surface area contributed by atoms with Gasteiger partial charge in [-0.25, -0.2) is 0 Å². The number of nitrogens with two attached hydrogens (primary N) is 1. The Hall–Kier alpha value is -1.96. The minimum Gasteiger partial charge on any atom is -0.494 e. The first kappa shape index (κ1) is 12.5. The van der Waals surface area contributed by atoms with E-state index in [0.29, 0.717) is 6.61 Å². The Morgan fingerprint density at radius 2 is 1.78 bits per heavy atom. The minimum atomic E-state index is 0.702. The molecule has 0 atom stereocenters. The van der Waals surface area contributed by atoms with E-state index in [9.17, 15) is 0 Å². The van der Waals surface area contributed by atoms with Gasteiger partial charge in [0.05, 0.1) is 6.61 Å². The van der Waals surface area contributed by atoms with E-state index in [1.165, 1.54) is 16.7 Å². The van der Waals surface area contributed by atoms with E-state index in [-0.39, 0.29) is 0 Å². The van der Waals surface area contributed by atoms with Crippen LogP contribution in [0.25, 0.3) is 0 Å². The molecule has 0 aliphatic carbocycles. The van der Waals surface area contributed by atoms with Gasteiger partial charge in [0.1, 0.15) is 5.75 Å². The predicted octanol–water partition coefficient (Wildman–Crippen LogP) is 3.57. The summed E-state index contributed by atoms with van der Waals surface area (Å²) in [6.07, 6.45) is 0.906. The Kier molecular flexibility index (Phi) is 3.88. The van der Waals surface area contributed by atoms with Crippen LogP contribution in [0.5, 0.6) is 5.75 Å². The lowest BCUT2D eigenvalue weighted by molar-refractivity contribution is 0.340. The number of hydrogen-bond acceptors (Lipinski definition) is 2. The summed E-state index contributed by atoms with van der Waals surface area (Å²) in [6, 6.07) is 14.3. The second-order valence-corrected chi connectivity index (χ2v) is 4.44. The Morgan fingerprint density at radius 3 is 2.44 bits per heavy atom. The van der Waals surface area contributed by atoms with Gasteiger partial charge in [-0.2, -0.15) is 0 Å². The van der Waals surface area contributed by atoms with Gasteiger partial charge in [0.15, 0.2) is 0 Å². The van der Waals surface area contributed by atoms with Crippen LogP contribution >= 0.6 is 0 Å². The van der Waals surface area contributed by atoms with Crippen molar-refractivity contribution in [2.45, 2.75) is 20.3 Å². The topological polar surface area (TPSA) is 35.2 Å². The second-order valence-electron chi connectivity index (χ2n) is 4.44. The molecule has 0 spiro atoms. The fraction of sp³-hybridized carbons (Fsp3) is 0.250. The lowest BCUT2D eigenvalue weighted by Crippen LogP contribution is -1.95. The molecule has 0 bridgehead atoms. The largest absolute Gasteiger partial charge is 0.494 e. The van der Waals surface area contributed by atoms with Crippen LogP contribution in [0.4, 0.5) is 5.69 Å². The zero-order chi connectivity index (χ0) is 13.0. The van der Waals surface area contributed by atoms with Crippen LogP contribution in [0.3, 0.4) is 0 Å². The fourth-order valence-corrected chi connectivity index (χ4v) is 1.97. The van der Waals surface area contributed by atoms with Crippen molar-refractivity contribution in [3.63, 3.8) is 0 Å². The van der Waals surface area contributed by atoms with Gasteiger partial charge in [-0.15, -0.1) is 0 Å². The van der Waals surface area contributed by atoms with Crippen LogP contribution in [0, 0.1) is 6.92 Å². The zero-order valence-electron chi connectivity index (χ0n) is 10.9. The molecule has 0 radical (unpaired) electrons.